The van der Waals surface area contributed by atoms with Crippen LogP contribution in [0.15, 0.2) is 24.6 Å². The fourth-order valence-corrected chi connectivity index (χ4v) is 0.508. The summed E-state index contributed by atoms with van der Waals surface area (Å²) in [6, 6.07) is -0.375. The average Bonchev–Trinajstić information content (AvgIpc) is 1.82. The smallest absolute Gasteiger partial charge is 0.102 e. The summed E-state index contributed by atoms with van der Waals surface area (Å²) in [5.74, 6) is 0.00116. The Morgan fingerprint density at radius 2 is 2.00 bits per heavy atom. The molecule has 0 aromatic carbocycles. The molecule has 0 rings (SSSR count). The van der Waals surface area contributed by atoms with Crippen LogP contribution in [0.5, 0.6) is 0 Å². The van der Waals surface area contributed by atoms with E-state index in [0.717, 1.165) is 0 Å². The maximum Gasteiger partial charge on any atom is 0.102 e. The predicted octanol–water partition coefficient (Wildman–Crippen LogP) is 0.638. The molecular formula is C7H14N2O. The third-order valence-electron chi connectivity index (χ3n) is 1.20. The van der Waals surface area contributed by atoms with Crippen LogP contribution in [0.4, 0.5) is 0 Å². The van der Waals surface area contributed by atoms with Crippen LogP contribution in [0.25, 0.3) is 0 Å². The second-order valence-electron chi connectivity index (χ2n) is 2.29. The predicted molar refractivity (Wildman–Crippen MR) is 42.3 cm³/mol. The van der Waals surface area contributed by atoms with E-state index in [9.17, 15) is 0 Å². The summed E-state index contributed by atoms with van der Waals surface area (Å²) in [5.41, 5.74) is 11.3. The number of aliphatic hydroxyl groups excluding tert-OH is 1. The van der Waals surface area contributed by atoms with E-state index in [0.29, 0.717) is 18.5 Å². The molecule has 10 heavy (non-hydrogen) atoms. The van der Waals surface area contributed by atoms with Crippen molar-refractivity contribution in [2.24, 2.45) is 11.5 Å². The molecule has 0 aliphatic heterocycles. The molecule has 3 nitrogen and oxygen atoms in total. The van der Waals surface area contributed by atoms with Crippen molar-refractivity contribution in [1.29, 1.82) is 0 Å². The maximum absolute atomic E-state index is 8.74. The van der Waals surface area contributed by atoms with E-state index in [1.54, 1.807) is 0 Å². The molecule has 0 aliphatic rings. The van der Waals surface area contributed by atoms with Gasteiger partial charge >= 0.3 is 0 Å². The fourth-order valence-electron chi connectivity index (χ4n) is 0.508. The fraction of sp³-hybridized carbons (Fsp3) is 0.429. The van der Waals surface area contributed by atoms with Gasteiger partial charge in [0.05, 0.1) is 6.04 Å². The topological polar surface area (TPSA) is 72.3 Å². The van der Waals surface area contributed by atoms with Crippen LogP contribution >= 0.6 is 0 Å². The first-order valence-electron chi connectivity index (χ1n) is 3.10. The summed E-state index contributed by atoms with van der Waals surface area (Å²) in [7, 11) is 0. The van der Waals surface area contributed by atoms with Crippen LogP contribution in [0.1, 0.15) is 12.8 Å². The highest BCUT2D eigenvalue weighted by Gasteiger charge is 2.03. The lowest BCUT2D eigenvalue weighted by molar-refractivity contribution is 0.362. The Hall–Kier alpha value is -0.960. The van der Waals surface area contributed by atoms with E-state index in [-0.39, 0.29) is 11.8 Å². The third kappa shape index (κ3) is 3.97. The van der Waals surface area contributed by atoms with Gasteiger partial charge in [0.25, 0.3) is 0 Å². The van der Waals surface area contributed by atoms with E-state index in [1.807, 2.05) is 0 Å². The van der Waals surface area contributed by atoms with Gasteiger partial charge in [-0.3, -0.25) is 0 Å². The van der Waals surface area contributed by atoms with Crippen molar-refractivity contribution in [3.05, 3.63) is 24.6 Å². The molecule has 0 heterocycles. The summed E-state index contributed by atoms with van der Waals surface area (Å²) >= 11 is 0. The van der Waals surface area contributed by atoms with Gasteiger partial charge in [-0.15, -0.1) is 0 Å². The Kier molecular flexibility index (Phi) is 3.57. The Balaban J connectivity index is 3.49. The first kappa shape index (κ1) is 9.04. The molecule has 0 saturated heterocycles. The van der Waals surface area contributed by atoms with Gasteiger partial charge in [0.2, 0.25) is 0 Å². The van der Waals surface area contributed by atoms with Gasteiger partial charge in [-0.2, -0.15) is 0 Å². The van der Waals surface area contributed by atoms with E-state index < -0.39 is 0 Å². The molecule has 0 aromatic rings. The summed E-state index contributed by atoms with van der Waals surface area (Å²) in [6.07, 6.45) is 1.23. The van der Waals surface area contributed by atoms with E-state index >= 15 is 0 Å². The third-order valence-corrected chi connectivity index (χ3v) is 1.20. The van der Waals surface area contributed by atoms with Crippen molar-refractivity contribution >= 4 is 0 Å². The minimum Gasteiger partial charge on any atom is -0.511 e. The highest BCUT2D eigenvalue weighted by Crippen LogP contribution is 2.03. The summed E-state index contributed by atoms with van der Waals surface area (Å²) < 4.78 is 0. The number of allylic oxidation sites excluding steroid dienone is 1. The number of hydrogen-bond donors (Lipinski definition) is 3. The van der Waals surface area contributed by atoms with E-state index in [4.69, 9.17) is 16.6 Å². The number of nitrogens with two attached hydrogens (primary N) is 2. The Labute approximate surface area is 61.0 Å². The summed E-state index contributed by atoms with van der Waals surface area (Å²) in [4.78, 5) is 0. The lowest BCUT2D eigenvalue weighted by atomic mass is 10.1. The molecule has 3 heteroatoms. The zero-order valence-electron chi connectivity index (χ0n) is 6.01. The molecule has 0 aliphatic carbocycles. The van der Waals surface area contributed by atoms with Crippen molar-refractivity contribution in [3.63, 3.8) is 0 Å². The van der Waals surface area contributed by atoms with E-state index in [1.165, 1.54) is 0 Å². The van der Waals surface area contributed by atoms with Crippen LogP contribution < -0.4 is 11.5 Å². The number of hydrogen-bond acceptors (Lipinski definition) is 3. The first-order valence-corrected chi connectivity index (χ1v) is 3.10. The minimum atomic E-state index is -0.375. The van der Waals surface area contributed by atoms with Gasteiger partial charge in [0.15, 0.2) is 0 Å². The summed E-state index contributed by atoms with van der Waals surface area (Å²) in [5, 5.41) is 8.74. The molecule has 58 valence electrons. The quantitative estimate of drug-likeness (QED) is 0.504. The molecule has 0 spiro atoms. The van der Waals surface area contributed by atoms with Crippen LogP contribution in [0.2, 0.25) is 0 Å². The molecule has 1 atom stereocenters. The van der Waals surface area contributed by atoms with Crippen LogP contribution in [0, 0.1) is 0 Å². The van der Waals surface area contributed by atoms with Crippen LogP contribution in [-0.2, 0) is 0 Å². The summed E-state index contributed by atoms with van der Waals surface area (Å²) in [6.45, 7) is 6.79. The van der Waals surface area contributed by atoms with Crippen LogP contribution in [-0.4, -0.2) is 11.1 Å². The van der Waals surface area contributed by atoms with Gasteiger partial charge in [0, 0.05) is 5.70 Å². The van der Waals surface area contributed by atoms with Crippen molar-refractivity contribution in [3.8, 4) is 0 Å². The average molecular weight is 142 g/mol. The van der Waals surface area contributed by atoms with Crippen molar-refractivity contribution in [2.45, 2.75) is 18.9 Å². The maximum atomic E-state index is 8.74. The van der Waals surface area contributed by atoms with Gasteiger partial charge in [-0.05, 0) is 12.8 Å². The molecule has 0 bridgehead atoms. The highest BCUT2D eigenvalue weighted by molar-refractivity contribution is 4.96. The van der Waals surface area contributed by atoms with Gasteiger partial charge in [0.1, 0.15) is 5.76 Å². The lowest BCUT2D eigenvalue weighted by Gasteiger charge is -2.08. The Morgan fingerprint density at radius 1 is 1.50 bits per heavy atom. The van der Waals surface area contributed by atoms with E-state index in [2.05, 4.69) is 13.2 Å². The molecule has 0 amide bonds. The molecule has 5 N–H and O–H groups in total. The standard InChI is InChI=1S/C7H14N2O/c1-5(8)3-4-7(9)6(2)10/h7,10H,1-4,8-9H2. The zero-order valence-corrected chi connectivity index (χ0v) is 6.01. The Bertz CT molecular complexity index is 143. The van der Waals surface area contributed by atoms with Crippen molar-refractivity contribution < 1.29 is 5.11 Å². The highest BCUT2D eigenvalue weighted by atomic mass is 16.3. The second-order valence-corrected chi connectivity index (χ2v) is 2.29. The second kappa shape index (κ2) is 3.95. The minimum absolute atomic E-state index is 0.00116. The largest absolute Gasteiger partial charge is 0.511 e. The Morgan fingerprint density at radius 3 is 2.30 bits per heavy atom. The van der Waals surface area contributed by atoms with Gasteiger partial charge in [-0.1, -0.05) is 13.2 Å². The first-order chi connectivity index (χ1) is 4.54. The number of aliphatic hydroxyl groups is 1. The van der Waals surface area contributed by atoms with Gasteiger partial charge in [-0.25, -0.2) is 0 Å². The molecule has 0 fully saturated rings. The van der Waals surface area contributed by atoms with Crippen molar-refractivity contribution in [2.75, 3.05) is 0 Å². The monoisotopic (exact) mass is 142 g/mol. The lowest BCUT2D eigenvalue weighted by Crippen LogP contribution is -2.22. The number of rotatable bonds is 4. The normalized spacial score (nSPS) is 12.5. The van der Waals surface area contributed by atoms with Crippen molar-refractivity contribution in [1.82, 2.24) is 0 Å². The van der Waals surface area contributed by atoms with Crippen LogP contribution in [0.3, 0.4) is 0 Å². The molecule has 1 unspecified atom stereocenters. The van der Waals surface area contributed by atoms with Gasteiger partial charge < -0.3 is 16.6 Å². The zero-order chi connectivity index (χ0) is 8.15. The molecular weight excluding hydrogens is 128 g/mol. The molecule has 0 radical (unpaired) electrons. The SMILES string of the molecule is C=C(N)CCC(N)C(=C)O. The molecule has 0 aromatic heterocycles. The molecule has 0 saturated carbocycles.